The van der Waals surface area contributed by atoms with Gasteiger partial charge in [0.2, 0.25) is 11.8 Å². The van der Waals surface area contributed by atoms with Crippen molar-refractivity contribution in [1.29, 1.82) is 0 Å². The number of hydrogen-bond acceptors (Lipinski definition) is 5. The Kier molecular flexibility index (Phi) is 7.59. The van der Waals surface area contributed by atoms with Gasteiger partial charge < -0.3 is 10.2 Å². The molecule has 0 saturated carbocycles. The molecule has 0 aliphatic carbocycles. The summed E-state index contributed by atoms with van der Waals surface area (Å²) in [7, 11) is 1.83. The van der Waals surface area contributed by atoms with Crippen LogP contribution in [-0.4, -0.2) is 60.4 Å². The van der Waals surface area contributed by atoms with Gasteiger partial charge >= 0.3 is 6.03 Å². The number of urea groups is 1. The first-order valence-corrected chi connectivity index (χ1v) is 9.84. The summed E-state index contributed by atoms with van der Waals surface area (Å²) < 4.78 is 0. The van der Waals surface area contributed by atoms with Gasteiger partial charge in [0, 0.05) is 23.9 Å². The highest BCUT2D eigenvalue weighted by Gasteiger charge is 2.28. The minimum atomic E-state index is -0.480. The van der Waals surface area contributed by atoms with Crippen LogP contribution in [0.2, 0.25) is 0 Å². The Morgan fingerprint density at radius 2 is 2.00 bits per heavy atom. The summed E-state index contributed by atoms with van der Waals surface area (Å²) in [5.74, 6) is -0.120. The fourth-order valence-corrected chi connectivity index (χ4v) is 3.52. The third kappa shape index (κ3) is 6.10. The van der Waals surface area contributed by atoms with E-state index in [1.807, 2.05) is 43.3 Å². The molecule has 0 spiro atoms. The number of nitrogens with zero attached hydrogens (tertiary/aromatic N) is 2. The monoisotopic (exact) mass is 380 g/mol. The van der Waals surface area contributed by atoms with E-state index in [1.54, 1.807) is 16.2 Å². The van der Waals surface area contributed by atoms with Crippen LogP contribution in [0.1, 0.15) is 31.6 Å². The van der Waals surface area contributed by atoms with Gasteiger partial charge in [-0.1, -0.05) is 6.07 Å². The highest BCUT2D eigenvalue weighted by molar-refractivity contribution is 7.09. The van der Waals surface area contributed by atoms with Crippen molar-refractivity contribution in [2.45, 2.75) is 39.3 Å². The predicted octanol–water partition coefficient (Wildman–Crippen LogP) is 1.65. The van der Waals surface area contributed by atoms with Crippen molar-refractivity contribution in [3.8, 4) is 0 Å². The maximum absolute atomic E-state index is 12.4. The molecule has 1 aliphatic rings. The van der Waals surface area contributed by atoms with Crippen LogP contribution >= 0.6 is 11.3 Å². The van der Waals surface area contributed by atoms with Crippen LogP contribution in [-0.2, 0) is 16.1 Å². The number of hydrogen-bond donors (Lipinski definition) is 2. The van der Waals surface area contributed by atoms with E-state index < -0.39 is 6.03 Å². The summed E-state index contributed by atoms with van der Waals surface area (Å²) in [4.78, 5) is 40.9. The molecule has 0 aromatic carbocycles. The topological polar surface area (TPSA) is 81.8 Å². The molecule has 0 unspecified atom stereocenters. The molecule has 7 nitrogen and oxygen atoms in total. The van der Waals surface area contributed by atoms with Crippen LogP contribution in [0.5, 0.6) is 0 Å². The second-order valence-electron chi connectivity index (χ2n) is 6.90. The van der Waals surface area contributed by atoms with Crippen molar-refractivity contribution in [2.75, 3.05) is 26.7 Å². The van der Waals surface area contributed by atoms with E-state index in [-0.39, 0.29) is 30.3 Å². The largest absolute Gasteiger partial charge is 0.343 e. The molecule has 1 fully saturated rings. The van der Waals surface area contributed by atoms with Crippen LogP contribution in [0, 0.1) is 5.92 Å². The van der Waals surface area contributed by atoms with E-state index in [2.05, 4.69) is 10.6 Å². The standard InChI is InChI=1S/C18H28N4O3S/c1-13(2)21(3)17(24)14-6-8-22(9-7-14)12-16(23)20-18(25)19-11-15-5-4-10-26-15/h4-5,10,13-14H,6-9,11-12H2,1-3H3,(H2,19,20,23,25). The number of carbonyl (C=O) groups excluding carboxylic acids is 3. The molecule has 2 N–H and O–H groups in total. The first-order chi connectivity index (χ1) is 12.4. The van der Waals surface area contributed by atoms with Crippen molar-refractivity contribution < 1.29 is 14.4 Å². The Morgan fingerprint density at radius 1 is 1.31 bits per heavy atom. The fraction of sp³-hybridized carbons (Fsp3) is 0.611. The average Bonchev–Trinajstić information content (AvgIpc) is 3.12. The lowest BCUT2D eigenvalue weighted by Crippen LogP contribution is -2.48. The molecular weight excluding hydrogens is 352 g/mol. The number of thiophene rings is 1. The van der Waals surface area contributed by atoms with E-state index in [9.17, 15) is 14.4 Å². The molecule has 1 aromatic rings. The quantitative estimate of drug-likeness (QED) is 0.786. The molecule has 0 atom stereocenters. The van der Waals surface area contributed by atoms with Crippen molar-refractivity contribution in [1.82, 2.24) is 20.4 Å². The number of amides is 4. The number of likely N-dealkylation sites (tertiary alicyclic amines) is 1. The van der Waals surface area contributed by atoms with Crippen LogP contribution in [0.4, 0.5) is 4.79 Å². The third-order valence-electron chi connectivity index (χ3n) is 4.68. The van der Waals surface area contributed by atoms with Crippen LogP contribution in [0.3, 0.4) is 0 Å². The van der Waals surface area contributed by atoms with Gasteiger partial charge in [-0.15, -0.1) is 11.3 Å². The SMILES string of the molecule is CC(C)N(C)C(=O)C1CCN(CC(=O)NC(=O)NCc2cccs2)CC1. The maximum Gasteiger partial charge on any atom is 0.321 e. The van der Waals surface area contributed by atoms with E-state index in [4.69, 9.17) is 0 Å². The maximum atomic E-state index is 12.4. The lowest BCUT2D eigenvalue weighted by molar-refractivity contribution is -0.137. The molecule has 26 heavy (non-hydrogen) atoms. The molecule has 2 heterocycles. The summed E-state index contributed by atoms with van der Waals surface area (Å²) in [6.07, 6.45) is 1.49. The van der Waals surface area contributed by atoms with Gasteiger partial charge in [-0.05, 0) is 51.2 Å². The normalized spacial score (nSPS) is 15.7. The first kappa shape index (κ1) is 20.4. The molecule has 4 amide bonds. The van der Waals surface area contributed by atoms with E-state index in [1.165, 1.54) is 0 Å². The zero-order valence-corrected chi connectivity index (χ0v) is 16.5. The van der Waals surface area contributed by atoms with E-state index in [0.29, 0.717) is 19.6 Å². The minimum Gasteiger partial charge on any atom is -0.343 e. The van der Waals surface area contributed by atoms with Crippen molar-refractivity contribution in [2.24, 2.45) is 5.92 Å². The summed E-state index contributed by atoms with van der Waals surface area (Å²) in [5, 5.41) is 6.96. The van der Waals surface area contributed by atoms with Crippen molar-refractivity contribution in [3.05, 3.63) is 22.4 Å². The number of carbonyl (C=O) groups is 3. The molecule has 2 rings (SSSR count). The highest BCUT2D eigenvalue weighted by atomic mass is 32.1. The Bertz CT molecular complexity index is 610. The highest BCUT2D eigenvalue weighted by Crippen LogP contribution is 2.19. The summed E-state index contributed by atoms with van der Waals surface area (Å²) in [5.41, 5.74) is 0. The van der Waals surface area contributed by atoms with Gasteiger partial charge in [0.25, 0.3) is 0 Å². The third-order valence-corrected chi connectivity index (χ3v) is 5.56. The number of imide groups is 1. The molecule has 1 aliphatic heterocycles. The Morgan fingerprint density at radius 3 is 2.58 bits per heavy atom. The Balaban J connectivity index is 1.67. The lowest BCUT2D eigenvalue weighted by atomic mass is 9.95. The van der Waals surface area contributed by atoms with Crippen molar-refractivity contribution >= 4 is 29.2 Å². The van der Waals surface area contributed by atoms with E-state index >= 15 is 0 Å². The minimum absolute atomic E-state index is 0.0239. The van der Waals surface area contributed by atoms with Crippen LogP contribution in [0.25, 0.3) is 0 Å². The van der Waals surface area contributed by atoms with Gasteiger partial charge in [-0.3, -0.25) is 19.8 Å². The van der Waals surface area contributed by atoms with Crippen LogP contribution in [0.15, 0.2) is 17.5 Å². The van der Waals surface area contributed by atoms with Gasteiger partial charge in [0.1, 0.15) is 0 Å². The van der Waals surface area contributed by atoms with Gasteiger partial charge in [0.15, 0.2) is 0 Å². The van der Waals surface area contributed by atoms with Gasteiger partial charge in [-0.2, -0.15) is 0 Å². The molecule has 144 valence electrons. The molecule has 8 heteroatoms. The van der Waals surface area contributed by atoms with Crippen molar-refractivity contribution in [3.63, 3.8) is 0 Å². The zero-order valence-electron chi connectivity index (χ0n) is 15.7. The first-order valence-electron chi connectivity index (χ1n) is 8.96. The van der Waals surface area contributed by atoms with E-state index in [0.717, 1.165) is 17.7 Å². The molecular formula is C18H28N4O3S. The summed E-state index contributed by atoms with van der Waals surface area (Å²) in [6, 6.07) is 3.55. The molecule has 0 radical (unpaired) electrons. The molecule has 1 aromatic heterocycles. The van der Waals surface area contributed by atoms with Gasteiger partial charge in [0.05, 0.1) is 13.1 Å². The number of nitrogens with one attached hydrogen (secondary N) is 2. The number of rotatable bonds is 6. The summed E-state index contributed by atoms with van der Waals surface area (Å²) in [6.45, 7) is 5.96. The van der Waals surface area contributed by atoms with Crippen LogP contribution < -0.4 is 10.6 Å². The fourth-order valence-electron chi connectivity index (χ4n) is 2.87. The van der Waals surface area contributed by atoms with Gasteiger partial charge in [-0.25, -0.2) is 4.79 Å². The second-order valence-corrected chi connectivity index (χ2v) is 7.94. The molecule has 0 bridgehead atoms. The molecule has 1 saturated heterocycles. The Hall–Kier alpha value is -1.93. The second kappa shape index (κ2) is 9.68. The number of piperidine rings is 1. The smallest absolute Gasteiger partial charge is 0.321 e. The Labute approximate surface area is 158 Å². The average molecular weight is 381 g/mol. The zero-order chi connectivity index (χ0) is 19.1. The lowest BCUT2D eigenvalue weighted by Gasteiger charge is -2.33. The summed E-state index contributed by atoms with van der Waals surface area (Å²) >= 11 is 1.55. The predicted molar refractivity (Wildman–Crippen MR) is 102 cm³/mol.